The molecule has 0 bridgehead atoms. The summed E-state index contributed by atoms with van der Waals surface area (Å²) < 4.78 is 0. The second kappa shape index (κ2) is 4.06. The van der Waals surface area contributed by atoms with Gasteiger partial charge in [0, 0.05) is 0 Å². The van der Waals surface area contributed by atoms with Gasteiger partial charge >= 0.3 is 0 Å². The van der Waals surface area contributed by atoms with Crippen LogP contribution in [0.2, 0.25) is 0 Å². The molecule has 2 unspecified atom stereocenters. The van der Waals surface area contributed by atoms with Crippen molar-refractivity contribution >= 4 is 18.5 Å². The molecule has 1 rings (SSSR count). The van der Waals surface area contributed by atoms with Crippen molar-refractivity contribution in [1.82, 2.24) is 0 Å². The largest absolute Gasteiger partial charge is 0.133 e. The van der Waals surface area contributed by atoms with Gasteiger partial charge in [0.05, 0.1) is 0 Å². The Hall–Kier alpha value is 0.0800. The minimum atomic E-state index is 1.05. The topological polar surface area (TPSA) is 0 Å². The van der Waals surface area contributed by atoms with E-state index in [1.54, 1.807) is 0 Å². The Balaban J connectivity index is 2.80. The summed E-state index contributed by atoms with van der Waals surface area (Å²) in [4.78, 5) is 0. The van der Waals surface area contributed by atoms with Crippen LogP contribution in [-0.4, -0.2) is 0 Å². The minimum Gasteiger partial charge on any atom is -0.133 e. The molecule has 2 heteroatoms. The number of rotatable bonds is 2. The van der Waals surface area contributed by atoms with Crippen molar-refractivity contribution in [3.63, 3.8) is 0 Å². The summed E-state index contributed by atoms with van der Waals surface area (Å²) in [5.41, 5.74) is 2.76. The van der Waals surface area contributed by atoms with E-state index in [9.17, 15) is 0 Å². The van der Waals surface area contributed by atoms with Crippen LogP contribution >= 0.6 is 18.5 Å². The Morgan fingerprint density at radius 1 is 0.800 bits per heavy atom. The molecular formula is C8H12P2. The van der Waals surface area contributed by atoms with Crippen LogP contribution in [-0.2, 0) is 12.3 Å². The van der Waals surface area contributed by atoms with Crippen LogP contribution in [0.15, 0.2) is 24.3 Å². The Bertz CT molecular complexity index is 168. The van der Waals surface area contributed by atoms with Crippen LogP contribution in [0.1, 0.15) is 11.1 Å². The highest BCUT2D eigenvalue weighted by Crippen LogP contribution is 2.09. The average molecular weight is 170 g/mol. The smallest absolute Gasteiger partial charge is 0.0128 e. The van der Waals surface area contributed by atoms with Crippen LogP contribution in [0.25, 0.3) is 0 Å². The molecule has 1 aromatic carbocycles. The minimum absolute atomic E-state index is 1.05. The summed E-state index contributed by atoms with van der Waals surface area (Å²) >= 11 is 0. The summed E-state index contributed by atoms with van der Waals surface area (Å²) in [6.45, 7) is 0. The van der Waals surface area contributed by atoms with Gasteiger partial charge in [-0.1, -0.05) is 24.3 Å². The molecule has 0 aliphatic carbocycles. The first-order valence-electron chi connectivity index (χ1n) is 3.34. The van der Waals surface area contributed by atoms with Gasteiger partial charge in [0.1, 0.15) is 0 Å². The Labute approximate surface area is 66.8 Å². The predicted octanol–water partition coefficient (Wildman–Crippen LogP) is 2.44. The first-order valence-corrected chi connectivity index (χ1v) is 4.98. The first-order chi connectivity index (χ1) is 4.86. The standard InChI is InChI=1S/C8H12P2/c9-5-7-1-2-8(6-10)4-3-7/h1-4H,5-6,9-10H2. The van der Waals surface area contributed by atoms with E-state index in [-0.39, 0.29) is 0 Å². The highest BCUT2D eigenvalue weighted by Gasteiger charge is 1.88. The van der Waals surface area contributed by atoms with E-state index in [2.05, 4.69) is 42.7 Å². The van der Waals surface area contributed by atoms with Gasteiger partial charge in [0.15, 0.2) is 0 Å². The second-order valence-corrected chi connectivity index (χ2v) is 3.04. The molecule has 0 aliphatic rings. The molecular weight excluding hydrogens is 158 g/mol. The van der Waals surface area contributed by atoms with E-state index >= 15 is 0 Å². The third-order valence-corrected chi connectivity index (χ3v) is 2.44. The molecule has 10 heavy (non-hydrogen) atoms. The van der Waals surface area contributed by atoms with Gasteiger partial charge in [-0.05, 0) is 23.5 Å². The molecule has 0 aromatic heterocycles. The van der Waals surface area contributed by atoms with E-state index in [1.807, 2.05) is 0 Å². The molecule has 0 aliphatic heterocycles. The normalized spacial score (nSPS) is 9.80. The van der Waals surface area contributed by atoms with Gasteiger partial charge < -0.3 is 0 Å². The maximum Gasteiger partial charge on any atom is -0.0128 e. The number of benzene rings is 1. The summed E-state index contributed by atoms with van der Waals surface area (Å²) in [5.74, 6) is 0. The van der Waals surface area contributed by atoms with Gasteiger partial charge in [0.25, 0.3) is 0 Å². The van der Waals surface area contributed by atoms with Gasteiger partial charge in [-0.3, -0.25) is 0 Å². The maximum atomic E-state index is 2.72. The van der Waals surface area contributed by atoms with Crippen LogP contribution in [0.5, 0.6) is 0 Å². The van der Waals surface area contributed by atoms with Crippen molar-refractivity contribution in [2.75, 3.05) is 0 Å². The molecule has 1 aromatic rings. The van der Waals surface area contributed by atoms with Gasteiger partial charge in [-0.15, -0.1) is 18.5 Å². The van der Waals surface area contributed by atoms with E-state index in [0.717, 1.165) is 12.3 Å². The van der Waals surface area contributed by atoms with Crippen molar-refractivity contribution in [3.05, 3.63) is 35.4 Å². The SMILES string of the molecule is PCc1ccc(CP)cc1. The van der Waals surface area contributed by atoms with E-state index in [4.69, 9.17) is 0 Å². The molecule has 0 amide bonds. The fourth-order valence-corrected chi connectivity index (χ4v) is 1.36. The van der Waals surface area contributed by atoms with Crippen LogP contribution in [0.4, 0.5) is 0 Å². The summed E-state index contributed by atoms with van der Waals surface area (Å²) in [6, 6.07) is 8.69. The zero-order valence-corrected chi connectivity index (χ0v) is 8.19. The molecule has 0 N–H and O–H groups in total. The van der Waals surface area contributed by atoms with Crippen molar-refractivity contribution in [2.24, 2.45) is 0 Å². The Morgan fingerprint density at radius 2 is 1.10 bits per heavy atom. The maximum absolute atomic E-state index is 2.72. The van der Waals surface area contributed by atoms with E-state index < -0.39 is 0 Å². The molecule has 2 atom stereocenters. The Kier molecular flexibility index (Phi) is 3.32. The highest BCUT2D eigenvalue weighted by molar-refractivity contribution is 7.15. The first kappa shape index (κ1) is 8.18. The number of hydrogen-bond donors (Lipinski definition) is 0. The highest BCUT2D eigenvalue weighted by atomic mass is 31.0. The third-order valence-electron chi connectivity index (χ3n) is 1.49. The molecule has 0 saturated heterocycles. The second-order valence-electron chi connectivity index (χ2n) is 2.22. The Morgan fingerprint density at radius 3 is 1.30 bits per heavy atom. The van der Waals surface area contributed by atoms with E-state index in [0.29, 0.717) is 0 Å². The predicted molar refractivity (Wildman–Crippen MR) is 53.3 cm³/mol. The molecule has 54 valence electrons. The molecule has 0 fully saturated rings. The zero-order valence-electron chi connectivity index (χ0n) is 5.88. The summed E-state index contributed by atoms with van der Waals surface area (Å²) in [7, 11) is 5.44. The van der Waals surface area contributed by atoms with E-state index in [1.165, 1.54) is 11.1 Å². The third kappa shape index (κ3) is 2.04. The molecule has 0 radical (unpaired) electrons. The lowest BCUT2D eigenvalue weighted by Gasteiger charge is -1.97. The average Bonchev–Trinajstić information content (AvgIpc) is 2.05. The number of hydrogen-bond acceptors (Lipinski definition) is 0. The van der Waals surface area contributed by atoms with Gasteiger partial charge in [-0.2, -0.15) is 0 Å². The van der Waals surface area contributed by atoms with Crippen molar-refractivity contribution < 1.29 is 0 Å². The fourth-order valence-electron chi connectivity index (χ4n) is 0.811. The molecule has 0 nitrogen and oxygen atoms in total. The zero-order chi connectivity index (χ0) is 7.40. The van der Waals surface area contributed by atoms with Gasteiger partial charge in [-0.25, -0.2) is 0 Å². The molecule has 0 saturated carbocycles. The van der Waals surface area contributed by atoms with Crippen LogP contribution in [0, 0.1) is 0 Å². The lowest BCUT2D eigenvalue weighted by Crippen LogP contribution is -1.78. The summed E-state index contributed by atoms with van der Waals surface area (Å²) in [5, 5.41) is 0. The quantitative estimate of drug-likeness (QED) is 0.598. The molecule has 0 heterocycles. The van der Waals surface area contributed by atoms with Crippen molar-refractivity contribution in [1.29, 1.82) is 0 Å². The lowest BCUT2D eigenvalue weighted by atomic mass is 10.2. The van der Waals surface area contributed by atoms with Crippen LogP contribution < -0.4 is 0 Å². The van der Waals surface area contributed by atoms with Crippen molar-refractivity contribution in [2.45, 2.75) is 12.3 Å². The molecule has 0 spiro atoms. The van der Waals surface area contributed by atoms with Crippen LogP contribution in [0.3, 0.4) is 0 Å². The monoisotopic (exact) mass is 170 g/mol. The van der Waals surface area contributed by atoms with Crippen molar-refractivity contribution in [3.8, 4) is 0 Å². The fraction of sp³-hybridized carbons (Fsp3) is 0.250. The summed E-state index contributed by atoms with van der Waals surface area (Å²) in [6.07, 6.45) is 2.11. The van der Waals surface area contributed by atoms with Gasteiger partial charge in [0.2, 0.25) is 0 Å². The lowest BCUT2D eigenvalue weighted by molar-refractivity contribution is 1.35.